The molecule has 3 heteroatoms. The number of rotatable bonds is 2. The second-order valence-electron chi connectivity index (χ2n) is 2.85. The number of hydrogen-bond donors (Lipinski definition) is 0. The Morgan fingerprint density at radius 3 is 3.08 bits per heavy atom. The Balaban J connectivity index is 2.67. The van der Waals surface area contributed by atoms with E-state index in [0.717, 1.165) is 29.4 Å². The maximum atomic E-state index is 10.5. The largest absolute Gasteiger partial charge is 0.360 e. The predicted molar refractivity (Wildman–Crippen MR) is 48.8 cm³/mol. The lowest BCUT2D eigenvalue weighted by molar-refractivity contribution is 0.112. The van der Waals surface area contributed by atoms with Crippen molar-refractivity contribution >= 4 is 17.2 Å². The third-order valence-corrected chi connectivity index (χ3v) is 2.03. The van der Waals surface area contributed by atoms with Gasteiger partial charge in [-0.3, -0.25) is 4.79 Å². The third kappa shape index (κ3) is 1.22. The van der Waals surface area contributed by atoms with Gasteiger partial charge in [-0.2, -0.15) is 0 Å². The van der Waals surface area contributed by atoms with Gasteiger partial charge in [-0.05, 0) is 12.1 Å². The Morgan fingerprint density at radius 2 is 2.38 bits per heavy atom. The summed E-state index contributed by atoms with van der Waals surface area (Å²) in [5.41, 5.74) is 1.38. The summed E-state index contributed by atoms with van der Waals surface area (Å²) in [6.07, 6.45) is 1.62. The Bertz CT molecular complexity index is 445. The van der Waals surface area contributed by atoms with Crippen molar-refractivity contribution in [3.05, 3.63) is 29.5 Å². The van der Waals surface area contributed by atoms with Gasteiger partial charge in [0.25, 0.3) is 0 Å². The first-order valence-corrected chi connectivity index (χ1v) is 4.18. The first-order chi connectivity index (χ1) is 6.35. The highest BCUT2D eigenvalue weighted by molar-refractivity contribution is 5.87. The van der Waals surface area contributed by atoms with Crippen molar-refractivity contribution in [2.75, 3.05) is 0 Å². The van der Waals surface area contributed by atoms with Crippen LogP contribution in [-0.2, 0) is 6.42 Å². The van der Waals surface area contributed by atoms with E-state index in [9.17, 15) is 4.79 Å². The Morgan fingerprint density at radius 1 is 1.54 bits per heavy atom. The molecule has 2 rings (SSSR count). The lowest BCUT2D eigenvalue weighted by Gasteiger charge is -1.90. The fourth-order valence-corrected chi connectivity index (χ4v) is 1.34. The molecule has 0 atom stereocenters. The molecular formula is C10H9NO2. The zero-order valence-electron chi connectivity index (χ0n) is 7.28. The smallest absolute Gasteiger partial charge is 0.150 e. The van der Waals surface area contributed by atoms with Crippen molar-refractivity contribution in [3.8, 4) is 0 Å². The molecule has 0 fully saturated rings. The average molecular weight is 175 g/mol. The zero-order chi connectivity index (χ0) is 9.26. The summed E-state index contributed by atoms with van der Waals surface area (Å²) in [6, 6.07) is 5.37. The highest BCUT2D eigenvalue weighted by atomic mass is 16.5. The van der Waals surface area contributed by atoms with E-state index in [-0.39, 0.29) is 0 Å². The predicted octanol–water partition coefficient (Wildman–Crippen LogP) is 2.20. The van der Waals surface area contributed by atoms with Gasteiger partial charge in [-0.25, -0.2) is 0 Å². The number of nitrogens with zero attached hydrogens (tertiary/aromatic N) is 1. The normalized spacial score (nSPS) is 10.5. The van der Waals surface area contributed by atoms with E-state index >= 15 is 0 Å². The summed E-state index contributed by atoms with van der Waals surface area (Å²) in [5.74, 6) is 0.868. The van der Waals surface area contributed by atoms with Gasteiger partial charge in [-0.1, -0.05) is 18.1 Å². The molecule has 0 N–H and O–H groups in total. The average Bonchev–Trinajstić information content (AvgIpc) is 2.59. The van der Waals surface area contributed by atoms with Gasteiger partial charge in [-0.15, -0.1) is 0 Å². The maximum absolute atomic E-state index is 10.5. The van der Waals surface area contributed by atoms with Crippen molar-refractivity contribution in [1.29, 1.82) is 0 Å². The molecule has 0 saturated carbocycles. The molecule has 0 unspecified atom stereocenters. The van der Waals surface area contributed by atoms with Gasteiger partial charge in [0, 0.05) is 17.4 Å². The molecule has 1 aromatic carbocycles. The third-order valence-electron chi connectivity index (χ3n) is 2.03. The number of hydrogen-bond acceptors (Lipinski definition) is 3. The van der Waals surface area contributed by atoms with Crippen LogP contribution >= 0.6 is 0 Å². The summed E-state index contributed by atoms with van der Waals surface area (Å²) < 4.78 is 5.10. The van der Waals surface area contributed by atoms with Crippen LogP contribution in [0.25, 0.3) is 10.9 Å². The number of carbonyl (C=O) groups is 1. The van der Waals surface area contributed by atoms with Crippen LogP contribution in [0, 0.1) is 0 Å². The second-order valence-corrected chi connectivity index (χ2v) is 2.85. The molecule has 0 aliphatic rings. The lowest BCUT2D eigenvalue weighted by atomic mass is 10.1. The van der Waals surface area contributed by atoms with Crippen molar-refractivity contribution in [3.63, 3.8) is 0 Å². The van der Waals surface area contributed by atoms with E-state index < -0.39 is 0 Å². The van der Waals surface area contributed by atoms with Crippen LogP contribution in [0.5, 0.6) is 0 Å². The van der Waals surface area contributed by atoms with E-state index in [1.54, 1.807) is 12.1 Å². The molecule has 66 valence electrons. The van der Waals surface area contributed by atoms with Crippen LogP contribution in [0.2, 0.25) is 0 Å². The molecule has 0 aliphatic carbocycles. The molecular weight excluding hydrogens is 166 g/mol. The minimum Gasteiger partial charge on any atom is -0.360 e. The van der Waals surface area contributed by atoms with Crippen LogP contribution in [0.4, 0.5) is 0 Å². The molecule has 0 saturated heterocycles. The summed E-state index contributed by atoms with van der Waals surface area (Å²) in [4.78, 5) is 10.5. The molecule has 0 spiro atoms. The molecule has 13 heavy (non-hydrogen) atoms. The van der Waals surface area contributed by atoms with E-state index in [0.29, 0.717) is 5.56 Å². The molecule has 0 aliphatic heterocycles. The quantitative estimate of drug-likeness (QED) is 0.657. The molecule has 2 aromatic rings. The second kappa shape index (κ2) is 3.01. The standard InChI is InChI=1S/C10H9NO2/c1-2-10-8-4-3-7(6-12)5-9(8)11-13-10/h3-6H,2H2,1H3. The minimum absolute atomic E-state index is 0.628. The molecule has 0 radical (unpaired) electrons. The first-order valence-electron chi connectivity index (χ1n) is 4.18. The van der Waals surface area contributed by atoms with Gasteiger partial charge < -0.3 is 4.52 Å². The van der Waals surface area contributed by atoms with Crippen LogP contribution in [-0.4, -0.2) is 11.4 Å². The number of benzene rings is 1. The zero-order valence-corrected chi connectivity index (χ0v) is 7.28. The summed E-state index contributed by atoms with van der Waals surface area (Å²) in [6.45, 7) is 2.01. The van der Waals surface area contributed by atoms with E-state index in [4.69, 9.17) is 4.52 Å². The van der Waals surface area contributed by atoms with Gasteiger partial charge in [0.1, 0.15) is 17.6 Å². The van der Waals surface area contributed by atoms with Crippen molar-refractivity contribution in [2.24, 2.45) is 0 Å². The fraction of sp³-hybridized carbons (Fsp3) is 0.200. The van der Waals surface area contributed by atoms with E-state index in [1.807, 2.05) is 13.0 Å². The van der Waals surface area contributed by atoms with Crippen molar-refractivity contribution in [1.82, 2.24) is 5.16 Å². The number of aryl methyl sites for hydroxylation is 1. The lowest BCUT2D eigenvalue weighted by Crippen LogP contribution is -1.79. The highest BCUT2D eigenvalue weighted by Gasteiger charge is 2.05. The van der Waals surface area contributed by atoms with Gasteiger partial charge in [0.05, 0.1) is 0 Å². The van der Waals surface area contributed by atoms with Crippen LogP contribution in [0.15, 0.2) is 22.7 Å². The molecule has 1 aromatic heterocycles. The monoisotopic (exact) mass is 175 g/mol. The first kappa shape index (κ1) is 7.98. The van der Waals surface area contributed by atoms with Crippen molar-refractivity contribution in [2.45, 2.75) is 13.3 Å². The molecule has 0 bridgehead atoms. The molecule has 0 amide bonds. The summed E-state index contributed by atoms with van der Waals surface area (Å²) >= 11 is 0. The number of aromatic nitrogens is 1. The van der Waals surface area contributed by atoms with E-state index in [2.05, 4.69) is 5.16 Å². The fourth-order valence-electron chi connectivity index (χ4n) is 1.34. The van der Waals surface area contributed by atoms with Gasteiger partial charge >= 0.3 is 0 Å². The van der Waals surface area contributed by atoms with E-state index in [1.165, 1.54) is 0 Å². The Labute approximate surface area is 75.3 Å². The summed E-state index contributed by atoms with van der Waals surface area (Å²) in [5, 5.41) is 4.86. The highest BCUT2D eigenvalue weighted by Crippen LogP contribution is 2.19. The SMILES string of the molecule is CCc1onc2cc(C=O)ccc12. The molecule has 3 nitrogen and oxygen atoms in total. The van der Waals surface area contributed by atoms with Crippen LogP contribution < -0.4 is 0 Å². The van der Waals surface area contributed by atoms with Gasteiger partial charge in [0.15, 0.2) is 0 Å². The van der Waals surface area contributed by atoms with Crippen molar-refractivity contribution < 1.29 is 9.32 Å². The topological polar surface area (TPSA) is 43.1 Å². The number of carbonyl (C=O) groups excluding carboxylic acids is 1. The Kier molecular flexibility index (Phi) is 1.85. The summed E-state index contributed by atoms with van der Waals surface area (Å²) in [7, 11) is 0. The maximum Gasteiger partial charge on any atom is 0.150 e. The Hall–Kier alpha value is -1.64. The van der Waals surface area contributed by atoms with Crippen LogP contribution in [0.3, 0.4) is 0 Å². The number of aldehydes is 1. The minimum atomic E-state index is 0.628. The van der Waals surface area contributed by atoms with Gasteiger partial charge in [0.2, 0.25) is 0 Å². The van der Waals surface area contributed by atoms with Crippen LogP contribution in [0.1, 0.15) is 23.0 Å². The molecule has 1 heterocycles. The number of fused-ring (bicyclic) bond motifs is 1.